The van der Waals surface area contributed by atoms with Crippen LogP contribution in [0.25, 0.3) is 10.9 Å². The van der Waals surface area contributed by atoms with E-state index < -0.39 is 11.5 Å². The minimum absolute atomic E-state index is 0.325. The topological polar surface area (TPSA) is 61.2 Å². The second kappa shape index (κ2) is 5.68. The van der Waals surface area contributed by atoms with E-state index in [1.165, 1.54) is 0 Å². The van der Waals surface area contributed by atoms with Crippen molar-refractivity contribution in [2.75, 3.05) is 0 Å². The van der Waals surface area contributed by atoms with Crippen LogP contribution in [0, 0.1) is 20.8 Å². The van der Waals surface area contributed by atoms with Gasteiger partial charge in [0.25, 0.3) is 5.56 Å². The molecular formula is C18H16N2O3. The number of carbonyl (C=O) groups is 1. The molecule has 3 aromatic rings. The molecule has 0 fully saturated rings. The van der Waals surface area contributed by atoms with Crippen LogP contribution in [0.2, 0.25) is 0 Å². The Morgan fingerprint density at radius 3 is 2.39 bits per heavy atom. The quantitative estimate of drug-likeness (QED) is 0.730. The Balaban J connectivity index is 2.04. The van der Waals surface area contributed by atoms with Gasteiger partial charge in [-0.25, -0.2) is 9.78 Å². The van der Waals surface area contributed by atoms with E-state index in [1.54, 1.807) is 43.3 Å². The lowest BCUT2D eigenvalue weighted by atomic mass is 10.1. The van der Waals surface area contributed by atoms with E-state index in [-0.39, 0.29) is 0 Å². The van der Waals surface area contributed by atoms with Crippen LogP contribution in [0.3, 0.4) is 0 Å². The van der Waals surface area contributed by atoms with Crippen molar-refractivity contribution in [2.24, 2.45) is 0 Å². The van der Waals surface area contributed by atoms with Crippen molar-refractivity contribution >= 4 is 16.9 Å². The summed E-state index contributed by atoms with van der Waals surface area (Å²) in [5, 5.41) is 0.409. The van der Waals surface area contributed by atoms with Crippen LogP contribution in [0.15, 0.2) is 47.3 Å². The fourth-order valence-electron chi connectivity index (χ4n) is 2.56. The Hall–Kier alpha value is -2.95. The molecule has 0 spiro atoms. The number of hydrogen-bond acceptors (Lipinski definition) is 4. The highest BCUT2D eigenvalue weighted by Gasteiger charge is 2.15. The lowest BCUT2D eigenvalue weighted by molar-refractivity contribution is 0.0428. The molecule has 1 heterocycles. The van der Waals surface area contributed by atoms with Crippen LogP contribution >= 0.6 is 0 Å². The standard InChI is InChI=1S/C18H16N2O3/c1-11-8-12(2)10-14(9-11)18(22)23-20-13(3)19-16-7-5-4-6-15(16)17(20)21/h4-10H,1-3H3. The number of para-hydroxylation sites is 1. The number of hydrogen-bond donors (Lipinski definition) is 0. The Morgan fingerprint density at radius 1 is 1.04 bits per heavy atom. The molecule has 0 saturated carbocycles. The maximum atomic E-state index is 12.5. The van der Waals surface area contributed by atoms with Gasteiger partial charge in [0, 0.05) is 0 Å². The number of rotatable bonds is 2. The van der Waals surface area contributed by atoms with Crippen molar-refractivity contribution in [3.8, 4) is 0 Å². The number of nitrogens with zero attached hydrogens (tertiary/aromatic N) is 2. The van der Waals surface area contributed by atoms with Crippen LogP contribution in [-0.2, 0) is 0 Å². The molecule has 0 saturated heterocycles. The average Bonchev–Trinajstić information content (AvgIpc) is 2.50. The maximum Gasteiger partial charge on any atom is 0.363 e. The van der Waals surface area contributed by atoms with Crippen molar-refractivity contribution in [3.05, 3.63) is 75.3 Å². The van der Waals surface area contributed by atoms with Gasteiger partial charge in [-0.15, -0.1) is 4.73 Å². The van der Waals surface area contributed by atoms with Gasteiger partial charge in [-0.1, -0.05) is 29.3 Å². The molecule has 3 rings (SSSR count). The third-order valence-corrected chi connectivity index (χ3v) is 3.53. The Morgan fingerprint density at radius 2 is 1.70 bits per heavy atom. The fourth-order valence-corrected chi connectivity index (χ4v) is 2.56. The number of aryl methyl sites for hydroxylation is 3. The summed E-state index contributed by atoms with van der Waals surface area (Å²) in [7, 11) is 0. The van der Waals surface area contributed by atoms with E-state index >= 15 is 0 Å². The van der Waals surface area contributed by atoms with Gasteiger partial charge < -0.3 is 4.84 Å². The molecule has 0 unspecified atom stereocenters. The summed E-state index contributed by atoms with van der Waals surface area (Å²) in [6.07, 6.45) is 0. The first-order valence-electron chi connectivity index (χ1n) is 7.25. The molecule has 23 heavy (non-hydrogen) atoms. The second-order valence-electron chi connectivity index (χ2n) is 5.53. The van der Waals surface area contributed by atoms with E-state index in [4.69, 9.17) is 4.84 Å². The van der Waals surface area contributed by atoms with Crippen LogP contribution in [0.5, 0.6) is 0 Å². The molecule has 1 aromatic heterocycles. The van der Waals surface area contributed by atoms with Gasteiger partial charge >= 0.3 is 5.97 Å². The molecule has 0 radical (unpaired) electrons. The normalized spacial score (nSPS) is 10.7. The van der Waals surface area contributed by atoms with Gasteiger partial charge in [0.1, 0.15) is 5.82 Å². The van der Waals surface area contributed by atoms with Crippen molar-refractivity contribution in [2.45, 2.75) is 20.8 Å². The lowest BCUT2D eigenvalue weighted by Gasteiger charge is -2.11. The first-order chi connectivity index (χ1) is 11.0. The highest BCUT2D eigenvalue weighted by atomic mass is 16.7. The van der Waals surface area contributed by atoms with E-state index in [0.29, 0.717) is 22.3 Å². The Kier molecular flexibility index (Phi) is 3.70. The van der Waals surface area contributed by atoms with Gasteiger partial charge in [-0.05, 0) is 45.0 Å². The predicted octanol–water partition coefficient (Wildman–Crippen LogP) is 2.59. The Labute approximate surface area is 133 Å². The molecule has 0 bridgehead atoms. The zero-order valence-corrected chi connectivity index (χ0v) is 13.2. The molecule has 2 aromatic carbocycles. The molecule has 5 heteroatoms. The molecule has 116 valence electrons. The molecule has 0 aliphatic carbocycles. The number of fused-ring (bicyclic) bond motifs is 1. The lowest BCUT2D eigenvalue weighted by Crippen LogP contribution is -2.33. The van der Waals surface area contributed by atoms with Crippen molar-refractivity contribution in [1.82, 2.24) is 9.71 Å². The summed E-state index contributed by atoms with van der Waals surface area (Å²) in [5.41, 5.74) is 2.50. The zero-order chi connectivity index (χ0) is 16.6. The highest BCUT2D eigenvalue weighted by molar-refractivity contribution is 5.90. The molecule has 0 atom stereocenters. The highest BCUT2D eigenvalue weighted by Crippen LogP contribution is 2.10. The summed E-state index contributed by atoms with van der Waals surface area (Å²) >= 11 is 0. The zero-order valence-electron chi connectivity index (χ0n) is 13.2. The van der Waals surface area contributed by atoms with Gasteiger partial charge in [0.05, 0.1) is 16.5 Å². The molecule has 0 aliphatic rings. The van der Waals surface area contributed by atoms with Crippen molar-refractivity contribution in [1.29, 1.82) is 0 Å². The number of carbonyl (C=O) groups excluding carboxylic acids is 1. The van der Waals surface area contributed by atoms with Gasteiger partial charge in [-0.3, -0.25) is 4.79 Å². The van der Waals surface area contributed by atoms with Crippen LogP contribution in [0.4, 0.5) is 0 Å². The minimum Gasteiger partial charge on any atom is -0.326 e. The summed E-state index contributed by atoms with van der Waals surface area (Å²) in [6, 6.07) is 12.4. The molecule has 5 nitrogen and oxygen atoms in total. The monoisotopic (exact) mass is 308 g/mol. The molecule has 0 aliphatic heterocycles. The molecule has 0 amide bonds. The van der Waals surface area contributed by atoms with Crippen LogP contribution < -0.4 is 10.4 Å². The fraction of sp³-hybridized carbons (Fsp3) is 0.167. The smallest absolute Gasteiger partial charge is 0.326 e. The summed E-state index contributed by atoms with van der Waals surface area (Å²) < 4.78 is 0.947. The van der Waals surface area contributed by atoms with Crippen LogP contribution in [0.1, 0.15) is 27.3 Å². The maximum absolute atomic E-state index is 12.5. The minimum atomic E-state index is -0.584. The van der Waals surface area contributed by atoms with Crippen LogP contribution in [-0.4, -0.2) is 15.7 Å². The SMILES string of the molecule is Cc1cc(C)cc(C(=O)On2c(C)nc3ccccc3c2=O)c1. The Bertz CT molecular complexity index is 953. The second-order valence-corrected chi connectivity index (χ2v) is 5.53. The van der Waals surface area contributed by atoms with E-state index in [9.17, 15) is 9.59 Å². The summed E-state index contributed by atoms with van der Waals surface area (Å²) in [5.74, 6) is -0.259. The summed E-state index contributed by atoms with van der Waals surface area (Å²) in [4.78, 5) is 34.4. The number of benzene rings is 2. The van der Waals surface area contributed by atoms with Crippen molar-refractivity contribution < 1.29 is 9.63 Å². The third kappa shape index (κ3) is 2.85. The van der Waals surface area contributed by atoms with Gasteiger partial charge in [0.2, 0.25) is 0 Å². The first kappa shape index (κ1) is 15.0. The molecular weight excluding hydrogens is 292 g/mol. The van der Waals surface area contributed by atoms with Gasteiger partial charge in [-0.2, -0.15) is 0 Å². The van der Waals surface area contributed by atoms with Gasteiger partial charge in [0.15, 0.2) is 0 Å². The average molecular weight is 308 g/mol. The largest absolute Gasteiger partial charge is 0.363 e. The number of aromatic nitrogens is 2. The molecule has 0 N–H and O–H groups in total. The first-order valence-corrected chi connectivity index (χ1v) is 7.25. The third-order valence-electron chi connectivity index (χ3n) is 3.53. The predicted molar refractivity (Wildman–Crippen MR) is 87.6 cm³/mol. The van der Waals surface area contributed by atoms with E-state index in [2.05, 4.69) is 4.98 Å². The summed E-state index contributed by atoms with van der Waals surface area (Å²) in [6.45, 7) is 5.43. The van der Waals surface area contributed by atoms with E-state index in [1.807, 2.05) is 19.9 Å². The van der Waals surface area contributed by atoms with E-state index in [0.717, 1.165) is 15.9 Å². The van der Waals surface area contributed by atoms with Crippen molar-refractivity contribution in [3.63, 3.8) is 0 Å².